The fourth-order valence-electron chi connectivity index (χ4n) is 1.53. The lowest BCUT2D eigenvalue weighted by molar-refractivity contribution is -0.136. The number of carbonyl (C=O) groups is 1. The molecule has 1 aromatic carbocycles. The van der Waals surface area contributed by atoms with Crippen molar-refractivity contribution >= 4 is 11.8 Å². The molecule has 0 saturated carbocycles. The number of hydrogen-bond acceptors (Lipinski definition) is 4. The molecule has 0 saturated heterocycles. The molecule has 2 rings (SSSR count). The third-order valence-electron chi connectivity index (χ3n) is 2.43. The van der Waals surface area contributed by atoms with Crippen LogP contribution < -0.4 is 5.32 Å². The molecule has 0 fully saturated rings. The third-order valence-corrected chi connectivity index (χ3v) is 2.43. The van der Waals surface area contributed by atoms with Crippen molar-refractivity contribution in [1.29, 1.82) is 0 Å². The average molecular weight is 261 g/mol. The van der Waals surface area contributed by atoms with Gasteiger partial charge in [0.2, 0.25) is 0 Å². The minimum absolute atomic E-state index is 0.00727. The van der Waals surface area contributed by atoms with Crippen LogP contribution in [0, 0.1) is 5.82 Å². The molecule has 2 aromatic rings. The largest absolute Gasteiger partial charge is 0.481 e. The van der Waals surface area contributed by atoms with E-state index in [0.29, 0.717) is 17.1 Å². The zero-order valence-corrected chi connectivity index (χ0v) is 10.0. The van der Waals surface area contributed by atoms with Gasteiger partial charge in [0, 0.05) is 12.1 Å². The van der Waals surface area contributed by atoms with Crippen LogP contribution in [0.25, 0.3) is 11.3 Å². The number of halogens is 1. The zero-order chi connectivity index (χ0) is 13.7. The molecule has 0 unspecified atom stereocenters. The lowest BCUT2D eigenvalue weighted by Crippen LogP contribution is -2.09. The number of benzene rings is 1. The summed E-state index contributed by atoms with van der Waals surface area (Å²) < 4.78 is 13.1. The molecule has 1 aromatic heterocycles. The van der Waals surface area contributed by atoms with E-state index in [9.17, 15) is 9.18 Å². The number of aromatic nitrogens is 2. The number of rotatable bonds is 5. The summed E-state index contributed by atoms with van der Waals surface area (Å²) in [5.41, 5.74) is 1.20. The Morgan fingerprint density at radius 1 is 1.26 bits per heavy atom. The minimum Gasteiger partial charge on any atom is -0.481 e. The molecule has 0 radical (unpaired) electrons. The molecule has 0 aliphatic heterocycles. The first kappa shape index (κ1) is 12.9. The van der Waals surface area contributed by atoms with E-state index in [0.717, 1.165) is 0 Å². The van der Waals surface area contributed by atoms with Crippen molar-refractivity contribution in [3.63, 3.8) is 0 Å². The highest BCUT2D eigenvalue weighted by Crippen LogP contribution is 2.17. The minimum atomic E-state index is -0.878. The molecule has 0 atom stereocenters. The Morgan fingerprint density at radius 2 is 2.11 bits per heavy atom. The normalized spacial score (nSPS) is 10.2. The van der Waals surface area contributed by atoms with Gasteiger partial charge >= 0.3 is 5.97 Å². The zero-order valence-electron chi connectivity index (χ0n) is 10.0. The number of carboxylic acids is 1. The third kappa shape index (κ3) is 3.74. The SMILES string of the molecule is O=C(O)CCNc1ccc(-c2cccc(F)c2)nn1. The first-order chi connectivity index (χ1) is 9.15. The molecule has 98 valence electrons. The van der Waals surface area contributed by atoms with Crippen molar-refractivity contribution in [3.8, 4) is 11.3 Å². The van der Waals surface area contributed by atoms with E-state index in [2.05, 4.69) is 15.5 Å². The number of nitrogens with zero attached hydrogens (tertiary/aromatic N) is 2. The fourth-order valence-corrected chi connectivity index (χ4v) is 1.53. The molecule has 0 amide bonds. The van der Waals surface area contributed by atoms with Crippen LogP contribution in [0.5, 0.6) is 0 Å². The maximum atomic E-state index is 13.1. The van der Waals surface area contributed by atoms with Crippen molar-refractivity contribution < 1.29 is 14.3 Å². The summed E-state index contributed by atoms with van der Waals surface area (Å²) in [4.78, 5) is 10.3. The van der Waals surface area contributed by atoms with Crippen molar-refractivity contribution in [2.75, 3.05) is 11.9 Å². The quantitative estimate of drug-likeness (QED) is 0.862. The van der Waals surface area contributed by atoms with E-state index in [1.54, 1.807) is 24.3 Å². The van der Waals surface area contributed by atoms with Gasteiger partial charge in [-0.1, -0.05) is 12.1 Å². The van der Waals surface area contributed by atoms with E-state index < -0.39 is 5.97 Å². The van der Waals surface area contributed by atoms with E-state index in [1.807, 2.05) is 0 Å². The van der Waals surface area contributed by atoms with Gasteiger partial charge in [-0.2, -0.15) is 0 Å². The summed E-state index contributed by atoms with van der Waals surface area (Å²) in [6.45, 7) is 0.281. The Kier molecular flexibility index (Phi) is 4.02. The second-order valence-electron chi connectivity index (χ2n) is 3.88. The van der Waals surface area contributed by atoms with Gasteiger partial charge in [-0.05, 0) is 24.3 Å². The Morgan fingerprint density at radius 3 is 2.74 bits per heavy atom. The van der Waals surface area contributed by atoms with Crippen molar-refractivity contribution in [1.82, 2.24) is 10.2 Å². The van der Waals surface area contributed by atoms with Crippen molar-refractivity contribution in [3.05, 3.63) is 42.2 Å². The van der Waals surface area contributed by atoms with Crippen molar-refractivity contribution in [2.45, 2.75) is 6.42 Å². The van der Waals surface area contributed by atoms with Crippen LogP contribution >= 0.6 is 0 Å². The predicted octanol–water partition coefficient (Wildman–Crippen LogP) is 2.17. The maximum Gasteiger partial charge on any atom is 0.305 e. The lowest BCUT2D eigenvalue weighted by atomic mass is 10.1. The second kappa shape index (κ2) is 5.90. The summed E-state index contributed by atoms with van der Waals surface area (Å²) in [5, 5.41) is 19.2. The molecule has 2 N–H and O–H groups in total. The van der Waals surface area contributed by atoms with Gasteiger partial charge in [0.15, 0.2) is 0 Å². The van der Waals surface area contributed by atoms with Gasteiger partial charge in [0.25, 0.3) is 0 Å². The lowest BCUT2D eigenvalue weighted by Gasteiger charge is -2.04. The number of aliphatic carboxylic acids is 1. The Balaban J connectivity index is 2.04. The summed E-state index contributed by atoms with van der Waals surface area (Å²) in [6, 6.07) is 9.45. The van der Waals surface area contributed by atoms with Crippen molar-refractivity contribution in [2.24, 2.45) is 0 Å². The van der Waals surface area contributed by atoms with Crippen LogP contribution in [0.1, 0.15) is 6.42 Å². The van der Waals surface area contributed by atoms with Crippen LogP contribution in [-0.2, 0) is 4.79 Å². The Labute approximate surface area is 109 Å². The highest BCUT2D eigenvalue weighted by Gasteiger charge is 2.03. The van der Waals surface area contributed by atoms with Gasteiger partial charge in [0.1, 0.15) is 11.6 Å². The molecule has 0 bridgehead atoms. The van der Waals surface area contributed by atoms with Gasteiger partial charge in [-0.3, -0.25) is 4.79 Å². The van der Waals surface area contributed by atoms with Gasteiger partial charge in [-0.15, -0.1) is 10.2 Å². The summed E-state index contributed by atoms with van der Waals surface area (Å²) in [7, 11) is 0. The van der Waals surface area contributed by atoms with Gasteiger partial charge < -0.3 is 10.4 Å². The second-order valence-corrected chi connectivity index (χ2v) is 3.88. The number of carboxylic acid groups (broad SMARTS) is 1. The first-order valence-electron chi connectivity index (χ1n) is 5.70. The van der Waals surface area contributed by atoms with Crippen LogP contribution in [-0.4, -0.2) is 27.8 Å². The molecule has 5 nitrogen and oxygen atoms in total. The van der Waals surface area contributed by atoms with E-state index in [1.165, 1.54) is 12.1 Å². The van der Waals surface area contributed by atoms with Crippen LogP contribution in [0.3, 0.4) is 0 Å². The van der Waals surface area contributed by atoms with Crippen LogP contribution in [0.2, 0.25) is 0 Å². The molecule has 1 heterocycles. The summed E-state index contributed by atoms with van der Waals surface area (Å²) >= 11 is 0. The molecule has 19 heavy (non-hydrogen) atoms. The van der Waals surface area contributed by atoms with Crippen LogP contribution in [0.4, 0.5) is 10.2 Å². The maximum absolute atomic E-state index is 13.1. The average Bonchev–Trinajstić information content (AvgIpc) is 2.39. The van der Waals surface area contributed by atoms with E-state index in [4.69, 9.17) is 5.11 Å². The van der Waals surface area contributed by atoms with Gasteiger partial charge in [0.05, 0.1) is 12.1 Å². The molecule has 0 aliphatic rings. The number of hydrogen-bond donors (Lipinski definition) is 2. The summed E-state index contributed by atoms with van der Waals surface area (Å²) in [5.74, 6) is -0.721. The summed E-state index contributed by atoms with van der Waals surface area (Å²) in [6.07, 6.45) is 0.00727. The topological polar surface area (TPSA) is 75.1 Å². The monoisotopic (exact) mass is 261 g/mol. The number of anilines is 1. The smallest absolute Gasteiger partial charge is 0.305 e. The molecule has 0 spiro atoms. The predicted molar refractivity (Wildman–Crippen MR) is 68.2 cm³/mol. The molecule has 6 heteroatoms. The highest BCUT2D eigenvalue weighted by molar-refractivity contribution is 5.67. The first-order valence-corrected chi connectivity index (χ1v) is 5.70. The van der Waals surface area contributed by atoms with E-state index >= 15 is 0 Å². The van der Waals surface area contributed by atoms with E-state index in [-0.39, 0.29) is 18.8 Å². The molecular weight excluding hydrogens is 249 g/mol. The van der Waals surface area contributed by atoms with Gasteiger partial charge in [-0.25, -0.2) is 4.39 Å². The Hall–Kier alpha value is -2.50. The highest BCUT2D eigenvalue weighted by atomic mass is 19.1. The number of nitrogens with one attached hydrogen (secondary N) is 1. The standard InChI is InChI=1S/C13H12FN3O2/c14-10-3-1-2-9(8-10)11-4-5-12(17-16-11)15-7-6-13(18)19/h1-5,8H,6-7H2,(H,15,17)(H,18,19). The molecular formula is C13H12FN3O2. The Bertz CT molecular complexity index is 572. The van der Waals surface area contributed by atoms with Crippen LogP contribution in [0.15, 0.2) is 36.4 Å². The fraction of sp³-hybridized carbons (Fsp3) is 0.154. The molecule has 0 aliphatic carbocycles.